The highest BCUT2D eigenvalue weighted by Gasteiger charge is 2.32. The van der Waals surface area contributed by atoms with Crippen LogP contribution in [0.1, 0.15) is 66.2 Å². The SMILES string of the molecule is C/C=C\CCC(CC(CC)(CCCN)CNC)C(C)CNCC. The van der Waals surface area contributed by atoms with Gasteiger partial charge in [0.25, 0.3) is 0 Å². The molecule has 0 amide bonds. The average molecular weight is 326 g/mol. The second-order valence-electron chi connectivity index (χ2n) is 7.17. The minimum absolute atomic E-state index is 0.398. The van der Waals surface area contributed by atoms with Crippen LogP contribution in [0.3, 0.4) is 0 Å². The van der Waals surface area contributed by atoms with Gasteiger partial charge in [-0.2, -0.15) is 0 Å². The third kappa shape index (κ3) is 9.49. The summed E-state index contributed by atoms with van der Waals surface area (Å²) in [4.78, 5) is 0. The number of rotatable bonds is 15. The Balaban J connectivity index is 4.98. The number of hydrogen-bond acceptors (Lipinski definition) is 3. The fourth-order valence-corrected chi connectivity index (χ4v) is 3.72. The fraction of sp³-hybridized carbons (Fsp3) is 0.900. The van der Waals surface area contributed by atoms with Gasteiger partial charge in [-0.15, -0.1) is 0 Å². The van der Waals surface area contributed by atoms with Gasteiger partial charge in [0, 0.05) is 6.54 Å². The summed E-state index contributed by atoms with van der Waals surface area (Å²) in [5.41, 5.74) is 6.20. The molecule has 4 N–H and O–H groups in total. The van der Waals surface area contributed by atoms with E-state index >= 15 is 0 Å². The van der Waals surface area contributed by atoms with E-state index in [1.54, 1.807) is 0 Å². The summed E-state index contributed by atoms with van der Waals surface area (Å²) in [6, 6.07) is 0. The second-order valence-corrected chi connectivity index (χ2v) is 7.17. The topological polar surface area (TPSA) is 50.1 Å². The predicted molar refractivity (Wildman–Crippen MR) is 105 cm³/mol. The van der Waals surface area contributed by atoms with Crippen LogP contribution in [0.2, 0.25) is 0 Å². The third-order valence-corrected chi connectivity index (χ3v) is 5.37. The van der Waals surface area contributed by atoms with Crippen LogP contribution in [0.25, 0.3) is 0 Å². The zero-order chi connectivity index (χ0) is 17.6. The molecule has 3 atom stereocenters. The molecule has 0 spiro atoms. The molecule has 0 saturated heterocycles. The molecule has 3 unspecified atom stereocenters. The Morgan fingerprint density at radius 3 is 2.52 bits per heavy atom. The lowest BCUT2D eigenvalue weighted by molar-refractivity contribution is 0.145. The van der Waals surface area contributed by atoms with Crippen LogP contribution in [0.15, 0.2) is 12.2 Å². The van der Waals surface area contributed by atoms with Crippen LogP contribution in [0.5, 0.6) is 0 Å². The molecule has 0 aliphatic rings. The molecule has 0 aliphatic carbocycles. The molecule has 0 radical (unpaired) electrons. The van der Waals surface area contributed by atoms with Gasteiger partial charge < -0.3 is 16.4 Å². The minimum atomic E-state index is 0.398. The lowest BCUT2D eigenvalue weighted by atomic mass is 9.69. The van der Waals surface area contributed by atoms with Crippen molar-refractivity contribution >= 4 is 0 Å². The predicted octanol–water partition coefficient (Wildman–Crippen LogP) is 3.95. The van der Waals surface area contributed by atoms with Crippen LogP contribution in [-0.4, -0.2) is 33.2 Å². The maximum atomic E-state index is 5.80. The van der Waals surface area contributed by atoms with E-state index in [9.17, 15) is 0 Å². The van der Waals surface area contributed by atoms with Crippen molar-refractivity contribution in [1.82, 2.24) is 10.6 Å². The summed E-state index contributed by atoms with van der Waals surface area (Å²) in [7, 11) is 2.09. The highest BCUT2D eigenvalue weighted by molar-refractivity contribution is 4.87. The van der Waals surface area contributed by atoms with Gasteiger partial charge >= 0.3 is 0 Å². The van der Waals surface area contributed by atoms with Crippen molar-refractivity contribution < 1.29 is 0 Å². The van der Waals surface area contributed by atoms with Crippen molar-refractivity contribution in [2.75, 3.05) is 33.2 Å². The Morgan fingerprint density at radius 1 is 1.26 bits per heavy atom. The number of hydrogen-bond donors (Lipinski definition) is 3. The van der Waals surface area contributed by atoms with Crippen LogP contribution in [-0.2, 0) is 0 Å². The van der Waals surface area contributed by atoms with Crippen LogP contribution in [0, 0.1) is 17.3 Å². The molecule has 3 nitrogen and oxygen atoms in total. The molecule has 0 aromatic heterocycles. The first-order valence-corrected chi connectivity index (χ1v) is 9.75. The summed E-state index contributed by atoms with van der Waals surface area (Å²) in [5.74, 6) is 1.50. The minimum Gasteiger partial charge on any atom is -0.330 e. The Bertz CT molecular complexity index is 291. The molecule has 0 aromatic carbocycles. The maximum Gasteiger partial charge on any atom is 0.000481 e. The fourth-order valence-electron chi connectivity index (χ4n) is 3.72. The molecule has 0 aromatic rings. The quantitative estimate of drug-likeness (QED) is 0.400. The van der Waals surface area contributed by atoms with Crippen molar-refractivity contribution in [2.24, 2.45) is 23.0 Å². The average Bonchev–Trinajstić information content (AvgIpc) is 2.56. The van der Waals surface area contributed by atoms with E-state index in [0.717, 1.165) is 44.4 Å². The molecule has 23 heavy (non-hydrogen) atoms. The molecule has 0 fully saturated rings. The van der Waals surface area contributed by atoms with Crippen molar-refractivity contribution in [3.8, 4) is 0 Å². The van der Waals surface area contributed by atoms with Crippen LogP contribution < -0.4 is 16.4 Å². The Morgan fingerprint density at radius 2 is 2.00 bits per heavy atom. The van der Waals surface area contributed by atoms with Crippen molar-refractivity contribution in [1.29, 1.82) is 0 Å². The van der Waals surface area contributed by atoms with E-state index in [0.29, 0.717) is 5.41 Å². The van der Waals surface area contributed by atoms with Gasteiger partial charge in [-0.1, -0.05) is 32.9 Å². The summed E-state index contributed by atoms with van der Waals surface area (Å²) in [6.45, 7) is 13.2. The molecule has 0 rings (SSSR count). The first kappa shape index (κ1) is 22.6. The Kier molecular flexibility index (Phi) is 13.8. The first-order chi connectivity index (χ1) is 11.1. The van der Waals surface area contributed by atoms with Gasteiger partial charge in [0.05, 0.1) is 0 Å². The summed E-state index contributed by atoms with van der Waals surface area (Å²) in [6.07, 6.45) is 11.9. The molecule has 138 valence electrons. The van der Waals surface area contributed by atoms with E-state index < -0.39 is 0 Å². The highest BCUT2D eigenvalue weighted by Crippen LogP contribution is 2.38. The van der Waals surface area contributed by atoms with Gasteiger partial charge in [-0.25, -0.2) is 0 Å². The van der Waals surface area contributed by atoms with Crippen molar-refractivity contribution in [3.05, 3.63) is 12.2 Å². The second kappa shape index (κ2) is 14.0. The summed E-state index contributed by atoms with van der Waals surface area (Å²) < 4.78 is 0. The largest absolute Gasteiger partial charge is 0.330 e. The normalized spacial score (nSPS) is 17.3. The van der Waals surface area contributed by atoms with Gasteiger partial charge in [0.1, 0.15) is 0 Å². The van der Waals surface area contributed by atoms with Crippen LogP contribution >= 0.6 is 0 Å². The number of nitrogens with two attached hydrogens (primary N) is 1. The molecule has 3 heteroatoms. The number of allylic oxidation sites excluding steroid dienone is 2. The Labute approximate surface area is 145 Å². The first-order valence-electron chi connectivity index (χ1n) is 9.75. The summed E-state index contributed by atoms with van der Waals surface area (Å²) >= 11 is 0. The highest BCUT2D eigenvalue weighted by atomic mass is 14.8. The lowest BCUT2D eigenvalue weighted by Crippen LogP contribution is -2.37. The van der Waals surface area contributed by atoms with Crippen molar-refractivity contribution in [3.63, 3.8) is 0 Å². The molecule has 0 bridgehead atoms. The van der Waals surface area contributed by atoms with Crippen LogP contribution in [0.4, 0.5) is 0 Å². The maximum absolute atomic E-state index is 5.80. The van der Waals surface area contributed by atoms with E-state index in [1.807, 2.05) is 0 Å². The van der Waals surface area contributed by atoms with Crippen molar-refractivity contribution in [2.45, 2.75) is 66.2 Å². The van der Waals surface area contributed by atoms with Gasteiger partial charge in [-0.3, -0.25) is 0 Å². The zero-order valence-corrected chi connectivity index (χ0v) is 16.5. The smallest absolute Gasteiger partial charge is 0.000481 e. The standard InChI is InChI=1S/C20H43N3/c1-6-9-10-12-19(18(4)16-23-8-3)15-20(7-2,17-22-5)13-11-14-21/h6,9,18-19,22-23H,7-8,10-17,21H2,1-5H3/b9-6-. The van der Waals surface area contributed by atoms with Gasteiger partial charge in [-0.05, 0) is 89.4 Å². The Hall–Kier alpha value is -0.380. The van der Waals surface area contributed by atoms with E-state index in [-0.39, 0.29) is 0 Å². The third-order valence-electron chi connectivity index (χ3n) is 5.37. The van der Waals surface area contributed by atoms with E-state index in [4.69, 9.17) is 5.73 Å². The van der Waals surface area contributed by atoms with E-state index in [1.165, 1.54) is 32.1 Å². The summed E-state index contributed by atoms with van der Waals surface area (Å²) in [5, 5.41) is 7.00. The number of nitrogens with one attached hydrogen (secondary N) is 2. The van der Waals surface area contributed by atoms with Gasteiger partial charge in [0.2, 0.25) is 0 Å². The van der Waals surface area contributed by atoms with E-state index in [2.05, 4.69) is 57.5 Å². The molecular formula is C20H43N3. The monoisotopic (exact) mass is 325 g/mol. The molecule has 0 saturated carbocycles. The molecule has 0 aliphatic heterocycles. The van der Waals surface area contributed by atoms with Gasteiger partial charge in [0.15, 0.2) is 0 Å². The molecular weight excluding hydrogens is 282 g/mol. The lowest BCUT2D eigenvalue weighted by Gasteiger charge is -2.38. The zero-order valence-electron chi connectivity index (χ0n) is 16.5. The molecule has 0 heterocycles.